The van der Waals surface area contributed by atoms with Crippen molar-refractivity contribution in [2.75, 3.05) is 19.6 Å². The number of nitrogens with one attached hydrogen (secondary N) is 1. The molecule has 0 saturated heterocycles. The third-order valence-electron chi connectivity index (χ3n) is 5.40. The highest BCUT2D eigenvalue weighted by atomic mass is 15.4. The molecule has 0 unspecified atom stereocenters. The maximum Gasteiger partial charge on any atom is 0.157 e. The Morgan fingerprint density at radius 1 is 1.04 bits per heavy atom. The summed E-state index contributed by atoms with van der Waals surface area (Å²) in [7, 11) is 0. The van der Waals surface area contributed by atoms with Crippen molar-refractivity contribution in [3.63, 3.8) is 0 Å². The quantitative estimate of drug-likeness (QED) is 0.905. The smallest absolute Gasteiger partial charge is 0.157 e. The van der Waals surface area contributed by atoms with E-state index in [1.54, 1.807) is 0 Å². The van der Waals surface area contributed by atoms with Crippen molar-refractivity contribution in [3.05, 3.63) is 29.1 Å². The van der Waals surface area contributed by atoms with Gasteiger partial charge in [-0.2, -0.15) is 10.2 Å². The summed E-state index contributed by atoms with van der Waals surface area (Å²) in [5.74, 6) is 2.02. The lowest BCUT2D eigenvalue weighted by atomic mass is 9.91. The molecule has 0 saturated carbocycles. The molecule has 142 valence electrons. The molecule has 2 aliphatic rings. The first-order chi connectivity index (χ1) is 12.2. The van der Waals surface area contributed by atoms with Crippen LogP contribution in [-0.2, 0) is 37.0 Å². The summed E-state index contributed by atoms with van der Waals surface area (Å²) in [5, 5.41) is 13.0. The van der Waals surface area contributed by atoms with E-state index in [0.717, 1.165) is 57.5 Å². The van der Waals surface area contributed by atoms with Crippen LogP contribution >= 0.6 is 0 Å². The van der Waals surface area contributed by atoms with Crippen LogP contribution in [0.2, 0.25) is 0 Å². The van der Waals surface area contributed by atoms with E-state index in [1.165, 1.54) is 11.4 Å². The van der Waals surface area contributed by atoms with E-state index in [-0.39, 0.29) is 10.8 Å². The molecule has 0 aliphatic carbocycles. The van der Waals surface area contributed by atoms with Gasteiger partial charge in [-0.3, -0.25) is 9.58 Å². The lowest BCUT2D eigenvalue weighted by Gasteiger charge is -2.33. The molecular formula is C19H31N7. The SMILES string of the molecule is CC(C)(C)c1cc2n(n1)CCN(CC(C)(C)c1nc3n(n1)CCNC3)C2. The Labute approximate surface area is 155 Å². The zero-order chi connectivity index (χ0) is 18.5. The standard InChI is InChI=1S/C19H31N7/c1-18(2,3)15-10-14-12-24(8-9-25(14)22-15)13-19(4,5)17-21-16-11-20-6-7-26(16)23-17/h10,20H,6-9,11-13H2,1-5H3. The van der Waals surface area contributed by atoms with Gasteiger partial charge in [-0.05, 0) is 6.07 Å². The molecule has 1 N–H and O–H groups in total. The number of hydrogen-bond acceptors (Lipinski definition) is 5. The summed E-state index contributed by atoms with van der Waals surface area (Å²) in [5.41, 5.74) is 2.53. The van der Waals surface area contributed by atoms with Crippen molar-refractivity contribution in [1.82, 2.24) is 34.8 Å². The van der Waals surface area contributed by atoms with Crippen LogP contribution in [0.1, 0.15) is 57.7 Å². The van der Waals surface area contributed by atoms with Crippen LogP contribution in [0, 0.1) is 0 Å². The number of rotatable bonds is 3. The van der Waals surface area contributed by atoms with Crippen LogP contribution in [0.25, 0.3) is 0 Å². The minimum absolute atomic E-state index is 0.0701. The van der Waals surface area contributed by atoms with E-state index in [1.807, 2.05) is 0 Å². The molecule has 7 heteroatoms. The van der Waals surface area contributed by atoms with E-state index in [4.69, 9.17) is 15.2 Å². The van der Waals surface area contributed by atoms with Gasteiger partial charge in [0.15, 0.2) is 5.82 Å². The van der Waals surface area contributed by atoms with E-state index < -0.39 is 0 Å². The van der Waals surface area contributed by atoms with Crippen LogP contribution in [-0.4, -0.2) is 49.1 Å². The second-order valence-corrected chi connectivity index (χ2v) is 9.34. The zero-order valence-corrected chi connectivity index (χ0v) is 16.7. The molecule has 0 radical (unpaired) electrons. The van der Waals surface area contributed by atoms with Crippen molar-refractivity contribution >= 4 is 0 Å². The molecule has 2 aliphatic heterocycles. The number of nitrogens with zero attached hydrogens (tertiary/aromatic N) is 6. The molecule has 4 heterocycles. The Hall–Kier alpha value is -1.73. The molecule has 0 aromatic carbocycles. The van der Waals surface area contributed by atoms with Crippen LogP contribution in [0.3, 0.4) is 0 Å². The number of aromatic nitrogens is 5. The highest BCUT2D eigenvalue weighted by Crippen LogP contribution is 2.27. The van der Waals surface area contributed by atoms with Crippen molar-refractivity contribution in [1.29, 1.82) is 0 Å². The van der Waals surface area contributed by atoms with E-state index in [9.17, 15) is 0 Å². The van der Waals surface area contributed by atoms with E-state index in [2.05, 4.69) is 60.3 Å². The first-order valence-corrected chi connectivity index (χ1v) is 9.67. The molecule has 0 atom stereocenters. The summed E-state index contributed by atoms with van der Waals surface area (Å²) in [6.45, 7) is 17.8. The van der Waals surface area contributed by atoms with Crippen molar-refractivity contribution in [2.45, 2.75) is 71.6 Å². The highest BCUT2D eigenvalue weighted by molar-refractivity contribution is 5.19. The molecule has 7 nitrogen and oxygen atoms in total. The van der Waals surface area contributed by atoms with Gasteiger partial charge in [-0.1, -0.05) is 34.6 Å². The summed E-state index contributed by atoms with van der Waals surface area (Å²) < 4.78 is 4.25. The van der Waals surface area contributed by atoms with Gasteiger partial charge >= 0.3 is 0 Å². The lowest BCUT2D eigenvalue weighted by molar-refractivity contribution is 0.173. The van der Waals surface area contributed by atoms with E-state index in [0.29, 0.717) is 0 Å². The average Bonchev–Trinajstić information content (AvgIpc) is 3.18. The third kappa shape index (κ3) is 3.30. The second kappa shape index (κ2) is 6.16. The van der Waals surface area contributed by atoms with Gasteiger partial charge in [-0.25, -0.2) is 9.67 Å². The van der Waals surface area contributed by atoms with Gasteiger partial charge in [0.2, 0.25) is 0 Å². The summed E-state index contributed by atoms with van der Waals surface area (Å²) >= 11 is 0. The Kier molecular flexibility index (Phi) is 4.19. The molecule has 0 fully saturated rings. The normalized spacial score (nSPS) is 18.7. The zero-order valence-electron chi connectivity index (χ0n) is 16.7. The lowest BCUT2D eigenvalue weighted by Crippen LogP contribution is -2.42. The Morgan fingerprint density at radius 3 is 2.58 bits per heavy atom. The minimum atomic E-state index is -0.0701. The maximum absolute atomic E-state index is 4.81. The fraction of sp³-hybridized carbons (Fsp3) is 0.737. The van der Waals surface area contributed by atoms with Crippen LogP contribution in [0.4, 0.5) is 0 Å². The summed E-state index contributed by atoms with van der Waals surface area (Å²) in [4.78, 5) is 7.33. The molecule has 4 rings (SSSR count). The first-order valence-electron chi connectivity index (χ1n) is 9.67. The molecular weight excluding hydrogens is 326 g/mol. The van der Waals surface area contributed by atoms with Gasteiger partial charge in [0, 0.05) is 37.0 Å². The van der Waals surface area contributed by atoms with Crippen molar-refractivity contribution < 1.29 is 0 Å². The molecule has 0 amide bonds. The van der Waals surface area contributed by atoms with Gasteiger partial charge in [-0.15, -0.1) is 0 Å². The Balaban J connectivity index is 1.49. The van der Waals surface area contributed by atoms with Gasteiger partial charge in [0.1, 0.15) is 5.82 Å². The van der Waals surface area contributed by atoms with Crippen molar-refractivity contribution in [2.24, 2.45) is 0 Å². The largest absolute Gasteiger partial charge is 0.308 e. The molecule has 26 heavy (non-hydrogen) atoms. The average molecular weight is 358 g/mol. The minimum Gasteiger partial charge on any atom is -0.308 e. The Morgan fingerprint density at radius 2 is 1.85 bits per heavy atom. The highest BCUT2D eigenvalue weighted by Gasteiger charge is 2.32. The molecule has 0 spiro atoms. The van der Waals surface area contributed by atoms with E-state index >= 15 is 0 Å². The Bertz CT molecular complexity index is 770. The van der Waals surface area contributed by atoms with Crippen LogP contribution < -0.4 is 5.32 Å². The van der Waals surface area contributed by atoms with Gasteiger partial charge in [0.05, 0.1) is 31.0 Å². The first kappa shape index (κ1) is 17.7. The topological polar surface area (TPSA) is 63.8 Å². The van der Waals surface area contributed by atoms with Crippen LogP contribution in [0.15, 0.2) is 6.07 Å². The number of hydrogen-bond donors (Lipinski definition) is 1. The molecule has 0 bridgehead atoms. The van der Waals surface area contributed by atoms with Crippen molar-refractivity contribution in [3.8, 4) is 0 Å². The third-order valence-corrected chi connectivity index (χ3v) is 5.40. The second-order valence-electron chi connectivity index (χ2n) is 9.34. The predicted molar refractivity (Wildman–Crippen MR) is 101 cm³/mol. The summed E-state index contributed by atoms with van der Waals surface area (Å²) in [6.07, 6.45) is 0. The fourth-order valence-electron chi connectivity index (χ4n) is 3.81. The molecule has 2 aromatic heterocycles. The summed E-state index contributed by atoms with van der Waals surface area (Å²) in [6, 6.07) is 2.28. The van der Waals surface area contributed by atoms with Crippen LogP contribution in [0.5, 0.6) is 0 Å². The predicted octanol–water partition coefficient (Wildman–Crippen LogP) is 1.67. The van der Waals surface area contributed by atoms with Gasteiger partial charge in [0.25, 0.3) is 0 Å². The van der Waals surface area contributed by atoms with Gasteiger partial charge < -0.3 is 5.32 Å². The number of fused-ring (bicyclic) bond motifs is 2. The monoisotopic (exact) mass is 357 g/mol. The maximum atomic E-state index is 4.81. The molecule has 2 aromatic rings. The fourth-order valence-corrected chi connectivity index (χ4v) is 3.81.